The molecule has 2 aliphatic heterocycles. The molecule has 6 rings (SSSR count). The Morgan fingerprint density at radius 1 is 0.815 bits per heavy atom. The molecule has 0 spiro atoms. The minimum absolute atomic E-state index is 0.0516. The zero-order valence-corrected chi connectivity index (χ0v) is 39.1. The summed E-state index contributed by atoms with van der Waals surface area (Å²) in [5.41, 5.74) is 4.13. The van der Waals surface area contributed by atoms with Gasteiger partial charge in [0.05, 0.1) is 7.11 Å². The van der Waals surface area contributed by atoms with E-state index in [4.69, 9.17) is 14.2 Å². The van der Waals surface area contributed by atoms with Crippen LogP contribution in [0.2, 0.25) is 0 Å². The summed E-state index contributed by atoms with van der Waals surface area (Å²) < 4.78 is 16.7. The number of ketones is 1. The Bertz CT molecular complexity index is 2260. The lowest BCUT2D eigenvalue weighted by molar-refractivity contribution is -0.129. The fourth-order valence-electron chi connectivity index (χ4n) is 8.51. The number of hydrogen-bond donors (Lipinski definition) is 3. The molecule has 0 bridgehead atoms. The number of ether oxygens (including phenoxy) is 3. The molecule has 15 nitrogen and oxygen atoms in total. The van der Waals surface area contributed by atoms with E-state index >= 15 is 0 Å². The van der Waals surface area contributed by atoms with E-state index in [-0.39, 0.29) is 48.0 Å². The molecular formula is C50H65N7O8. The highest BCUT2D eigenvalue weighted by Crippen LogP contribution is 2.36. The molecule has 1 saturated heterocycles. The summed E-state index contributed by atoms with van der Waals surface area (Å²) in [6.45, 7) is 14.7. The summed E-state index contributed by atoms with van der Waals surface area (Å²) in [5.74, 6) is 0.157. The van der Waals surface area contributed by atoms with Crippen LogP contribution in [0.1, 0.15) is 114 Å². The molecule has 3 aliphatic rings. The Hall–Kier alpha value is -6.12. The van der Waals surface area contributed by atoms with E-state index in [0.717, 1.165) is 40.7 Å². The zero-order valence-electron chi connectivity index (χ0n) is 39.1. The zero-order chi connectivity index (χ0) is 46.9. The summed E-state index contributed by atoms with van der Waals surface area (Å²) in [5, 5.41) is 17.1. The SMILES string of the molecule is COc1ccc(C[C@H](CC(=O)C2CCC(CNC(=O)OC(C)(C)C)CC2)C(=O)Nc2ccc(C3=NCN=N3)cc2)cc1-c1ccc(C(=O)NC2CCN(C(=O)OC(C)(C)C)CC2)cc1C. The molecule has 3 aromatic carbocycles. The Morgan fingerprint density at radius 3 is 2.12 bits per heavy atom. The van der Waals surface area contributed by atoms with Crippen LogP contribution < -0.4 is 20.7 Å². The minimum Gasteiger partial charge on any atom is -0.496 e. The number of carbonyl (C=O) groups excluding carboxylic acids is 5. The smallest absolute Gasteiger partial charge is 0.410 e. The topological polar surface area (TPSA) is 189 Å². The van der Waals surface area contributed by atoms with Crippen molar-refractivity contribution in [2.24, 2.45) is 33.0 Å². The number of azo groups is 1. The molecule has 2 heterocycles. The molecule has 3 aromatic rings. The number of methoxy groups -OCH3 is 1. The number of amidine groups is 1. The van der Waals surface area contributed by atoms with Gasteiger partial charge in [0, 0.05) is 66.3 Å². The van der Waals surface area contributed by atoms with Crippen LogP contribution in [-0.2, 0) is 25.5 Å². The Labute approximate surface area is 382 Å². The molecule has 0 radical (unpaired) electrons. The number of amides is 4. The van der Waals surface area contributed by atoms with Gasteiger partial charge < -0.3 is 35.1 Å². The van der Waals surface area contributed by atoms with Crippen LogP contribution in [0.3, 0.4) is 0 Å². The van der Waals surface area contributed by atoms with Crippen molar-refractivity contribution >= 4 is 41.3 Å². The van der Waals surface area contributed by atoms with E-state index in [9.17, 15) is 24.0 Å². The number of alkyl carbamates (subject to hydrolysis) is 1. The Balaban J connectivity index is 1.14. The van der Waals surface area contributed by atoms with E-state index in [1.807, 2.05) is 90.9 Å². The average molecular weight is 892 g/mol. The van der Waals surface area contributed by atoms with Crippen molar-refractivity contribution < 1.29 is 38.2 Å². The normalized spacial score (nSPS) is 18.3. The first-order valence-corrected chi connectivity index (χ1v) is 22.7. The van der Waals surface area contributed by atoms with E-state index in [2.05, 4.69) is 31.2 Å². The highest BCUT2D eigenvalue weighted by molar-refractivity contribution is 6.01. The number of hydrogen-bond acceptors (Lipinski definition) is 11. The van der Waals surface area contributed by atoms with Gasteiger partial charge in [-0.3, -0.25) is 14.4 Å². The lowest BCUT2D eigenvalue weighted by Gasteiger charge is -2.33. The largest absolute Gasteiger partial charge is 0.496 e. The van der Waals surface area contributed by atoms with E-state index < -0.39 is 23.2 Å². The fourth-order valence-corrected chi connectivity index (χ4v) is 8.51. The first-order chi connectivity index (χ1) is 30.8. The summed E-state index contributed by atoms with van der Waals surface area (Å²) in [7, 11) is 1.61. The Kier molecular flexibility index (Phi) is 15.8. The highest BCUT2D eigenvalue weighted by atomic mass is 16.6. The van der Waals surface area contributed by atoms with Gasteiger partial charge in [-0.25, -0.2) is 14.6 Å². The van der Waals surface area contributed by atoms with Crippen molar-refractivity contribution in [1.82, 2.24) is 15.5 Å². The van der Waals surface area contributed by atoms with Gasteiger partial charge in [0.1, 0.15) is 22.7 Å². The van der Waals surface area contributed by atoms with Gasteiger partial charge in [-0.2, -0.15) is 5.11 Å². The minimum atomic E-state index is -0.675. The van der Waals surface area contributed by atoms with Crippen LogP contribution in [0, 0.1) is 24.7 Å². The molecule has 1 aliphatic carbocycles. The molecule has 65 heavy (non-hydrogen) atoms. The predicted molar refractivity (Wildman–Crippen MR) is 249 cm³/mol. The molecule has 4 amide bonds. The molecule has 0 aromatic heterocycles. The number of nitrogens with one attached hydrogen (secondary N) is 3. The van der Waals surface area contributed by atoms with Gasteiger partial charge in [0.15, 0.2) is 12.5 Å². The maximum absolute atomic E-state index is 14.2. The number of anilines is 1. The second kappa shape index (κ2) is 21.2. The van der Waals surface area contributed by atoms with Gasteiger partial charge >= 0.3 is 12.2 Å². The third-order valence-electron chi connectivity index (χ3n) is 11.9. The van der Waals surface area contributed by atoms with Gasteiger partial charge in [-0.1, -0.05) is 12.1 Å². The summed E-state index contributed by atoms with van der Waals surface area (Å²) in [4.78, 5) is 72.4. The number of benzene rings is 3. The van der Waals surface area contributed by atoms with Crippen LogP contribution >= 0.6 is 0 Å². The number of aryl methyl sites for hydroxylation is 1. The molecule has 1 atom stereocenters. The number of aliphatic imine (C=N–C) groups is 1. The van der Waals surface area contributed by atoms with Crippen molar-refractivity contribution in [3.8, 4) is 16.9 Å². The molecule has 15 heteroatoms. The number of carbonyl (C=O) groups is 5. The van der Waals surface area contributed by atoms with Crippen molar-refractivity contribution in [2.45, 2.75) is 117 Å². The predicted octanol–water partition coefficient (Wildman–Crippen LogP) is 9.06. The summed E-state index contributed by atoms with van der Waals surface area (Å²) in [6, 6.07) is 18.5. The van der Waals surface area contributed by atoms with Crippen LogP contribution in [0.25, 0.3) is 11.1 Å². The number of Topliss-reactive ketones (excluding diaryl/α,β-unsaturated/α-hetero) is 1. The lowest BCUT2D eigenvalue weighted by Crippen LogP contribution is -2.47. The van der Waals surface area contributed by atoms with Gasteiger partial charge in [0.2, 0.25) is 5.91 Å². The van der Waals surface area contributed by atoms with Gasteiger partial charge in [0.25, 0.3) is 5.91 Å². The lowest BCUT2D eigenvalue weighted by atomic mass is 9.77. The maximum atomic E-state index is 14.2. The molecule has 0 unspecified atom stereocenters. The first kappa shape index (κ1) is 48.3. The molecule has 1 saturated carbocycles. The van der Waals surface area contributed by atoms with Crippen molar-refractivity contribution in [1.29, 1.82) is 0 Å². The molecule has 348 valence electrons. The summed E-state index contributed by atoms with van der Waals surface area (Å²) in [6.07, 6.45) is 3.78. The number of likely N-dealkylation sites (tertiary alicyclic amines) is 1. The van der Waals surface area contributed by atoms with E-state index in [1.165, 1.54) is 0 Å². The number of rotatable bonds is 14. The maximum Gasteiger partial charge on any atom is 0.410 e. The van der Waals surface area contributed by atoms with Crippen molar-refractivity contribution in [3.63, 3.8) is 0 Å². The fraction of sp³-hybridized carbons (Fsp3) is 0.520. The van der Waals surface area contributed by atoms with Crippen LogP contribution in [0.5, 0.6) is 5.75 Å². The molecule has 3 N–H and O–H groups in total. The third-order valence-corrected chi connectivity index (χ3v) is 11.9. The second-order valence-corrected chi connectivity index (χ2v) is 19.4. The van der Waals surface area contributed by atoms with Crippen LogP contribution in [0.15, 0.2) is 75.9 Å². The standard InChI is InChI=1S/C50H65N7O8/c1-31-25-36(45(59)55-39-21-23-57(24-22-39)48(62)65-50(5,6)7)16-19-40(31)41-27-33(11-20-43(41)63-8)26-37(46(60)54-38-17-14-35(15-18-38)44-52-30-53-56-44)28-42(58)34-12-9-32(10-13-34)29-51-47(61)64-49(2,3)4/h11,14-20,25,27,32,34,37,39H,9-10,12-13,21-24,26,28-30H2,1-8H3,(H,51,61)(H,54,60)(H,55,59)/t32?,34?,37-/m1/s1. The number of piperidine rings is 1. The Morgan fingerprint density at radius 2 is 1.51 bits per heavy atom. The van der Waals surface area contributed by atoms with E-state index in [1.54, 1.807) is 30.2 Å². The highest BCUT2D eigenvalue weighted by Gasteiger charge is 2.32. The van der Waals surface area contributed by atoms with E-state index in [0.29, 0.717) is 81.2 Å². The monoisotopic (exact) mass is 891 g/mol. The molecular weight excluding hydrogens is 827 g/mol. The van der Waals surface area contributed by atoms with Crippen molar-refractivity contribution in [2.75, 3.05) is 38.7 Å². The van der Waals surface area contributed by atoms with Crippen LogP contribution in [0.4, 0.5) is 15.3 Å². The van der Waals surface area contributed by atoms with Crippen molar-refractivity contribution in [3.05, 3.63) is 82.9 Å². The first-order valence-electron chi connectivity index (χ1n) is 22.7. The third kappa shape index (κ3) is 13.9. The molecule has 2 fully saturated rings. The van der Waals surface area contributed by atoms with Gasteiger partial charge in [-0.15, -0.1) is 5.11 Å². The average Bonchev–Trinajstić information content (AvgIpc) is 3.80. The summed E-state index contributed by atoms with van der Waals surface area (Å²) >= 11 is 0. The second-order valence-electron chi connectivity index (χ2n) is 19.4. The quantitative estimate of drug-likeness (QED) is 0.143. The van der Waals surface area contributed by atoms with Gasteiger partial charge in [-0.05, 0) is 165 Å². The van der Waals surface area contributed by atoms with Crippen LogP contribution in [-0.4, -0.2) is 91.2 Å². The number of nitrogens with zero attached hydrogens (tertiary/aromatic N) is 4.